The molecular weight excluding hydrogens is 381 g/mol. The molecule has 1 aliphatic heterocycles. The van der Waals surface area contributed by atoms with Gasteiger partial charge in [0.05, 0.1) is 6.42 Å². The average molecular weight is 405 g/mol. The summed E-state index contributed by atoms with van der Waals surface area (Å²) in [6, 6.07) is 17.5. The Bertz CT molecular complexity index is 990. The number of carbonyl (C=O) groups is 2. The summed E-state index contributed by atoms with van der Waals surface area (Å²) in [5.41, 5.74) is 2.47. The molecule has 4 rings (SSSR count). The molecule has 0 aliphatic carbocycles. The number of piperidine rings is 1. The van der Waals surface area contributed by atoms with Gasteiger partial charge in [0.25, 0.3) is 5.91 Å². The summed E-state index contributed by atoms with van der Waals surface area (Å²) in [7, 11) is 0. The second-order valence-electron chi connectivity index (χ2n) is 7.57. The van der Waals surface area contributed by atoms with Crippen LogP contribution >= 0.6 is 0 Å². The lowest BCUT2D eigenvalue weighted by Gasteiger charge is -2.32. The fourth-order valence-corrected chi connectivity index (χ4v) is 3.76. The number of hydrogen-bond acceptors (Lipinski definition) is 2. The van der Waals surface area contributed by atoms with Gasteiger partial charge < -0.3 is 14.8 Å². The van der Waals surface area contributed by atoms with Crippen LogP contribution in [0.3, 0.4) is 0 Å². The lowest BCUT2D eigenvalue weighted by atomic mass is 10.0. The number of halogens is 1. The summed E-state index contributed by atoms with van der Waals surface area (Å²) in [6.07, 6.45) is 5.61. The number of aromatic nitrogens is 1. The topological polar surface area (TPSA) is 54.3 Å². The molecule has 0 saturated carbocycles. The predicted molar refractivity (Wildman–Crippen MR) is 113 cm³/mol. The number of benzene rings is 2. The molecule has 1 fully saturated rings. The van der Waals surface area contributed by atoms with Crippen molar-refractivity contribution in [2.75, 3.05) is 13.1 Å². The predicted octanol–water partition coefficient (Wildman–Crippen LogP) is 3.58. The van der Waals surface area contributed by atoms with Crippen molar-refractivity contribution in [2.24, 2.45) is 0 Å². The van der Waals surface area contributed by atoms with Crippen LogP contribution in [0.25, 0.3) is 5.69 Å². The molecule has 1 saturated heterocycles. The number of nitrogens with one attached hydrogen (secondary N) is 1. The highest BCUT2D eigenvalue weighted by atomic mass is 19.1. The summed E-state index contributed by atoms with van der Waals surface area (Å²) >= 11 is 0. The van der Waals surface area contributed by atoms with Crippen LogP contribution in [0.15, 0.2) is 73.1 Å². The Labute approximate surface area is 175 Å². The second kappa shape index (κ2) is 8.95. The molecule has 2 amide bonds. The van der Waals surface area contributed by atoms with Crippen LogP contribution in [0.4, 0.5) is 4.39 Å². The fraction of sp³-hybridized carbons (Fsp3) is 0.250. The lowest BCUT2D eigenvalue weighted by Crippen LogP contribution is -2.46. The molecule has 2 aromatic carbocycles. The van der Waals surface area contributed by atoms with E-state index in [1.807, 2.05) is 58.3 Å². The van der Waals surface area contributed by atoms with Gasteiger partial charge in [-0.15, -0.1) is 0 Å². The fourth-order valence-electron chi connectivity index (χ4n) is 3.76. The van der Waals surface area contributed by atoms with Gasteiger partial charge in [-0.1, -0.05) is 12.1 Å². The largest absolute Gasteiger partial charge is 0.353 e. The van der Waals surface area contributed by atoms with Gasteiger partial charge in [0.1, 0.15) is 5.82 Å². The molecular formula is C24H24FN3O2. The van der Waals surface area contributed by atoms with Gasteiger partial charge in [-0.05, 0) is 66.9 Å². The number of amides is 2. The number of nitrogens with zero attached hydrogens (tertiary/aromatic N) is 2. The SMILES string of the molecule is O=C(Cc1ccc(F)cc1)NC1CCN(C(=O)c2ccc(-n3cccc3)cc2)CC1. The molecule has 0 bridgehead atoms. The number of likely N-dealkylation sites (tertiary alicyclic amines) is 1. The zero-order valence-electron chi connectivity index (χ0n) is 16.6. The van der Waals surface area contributed by atoms with Gasteiger partial charge in [-0.25, -0.2) is 4.39 Å². The Morgan fingerprint density at radius 2 is 1.57 bits per heavy atom. The standard InChI is InChI=1S/C24H24FN3O2/c25-20-7-3-18(4-8-20)17-23(29)26-21-11-15-28(16-12-21)24(30)19-5-9-22(10-6-19)27-13-1-2-14-27/h1-10,13-14,21H,11-12,15-17H2,(H,26,29). The molecule has 1 N–H and O–H groups in total. The Morgan fingerprint density at radius 3 is 2.20 bits per heavy atom. The maximum absolute atomic E-state index is 13.0. The van der Waals surface area contributed by atoms with Crippen LogP contribution in [0.5, 0.6) is 0 Å². The van der Waals surface area contributed by atoms with Crippen molar-refractivity contribution >= 4 is 11.8 Å². The monoisotopic (exact) mass is 405 g/mol. The number of carbonyl (C=O) groups excluding carboxylic acids is 2. The Hall–Kier alpha value is -3.41. The minimum absolute atomic E-state index is 0.0187. The summed E-state index contributed by atoms with van der Waals surface area (Å²) in [4.78, 5) is 26.9. The molecule has 154 valence electrons. The number of hydrogen-bond donors (Lipinski definition) is 1. The normalized spacial score (nSPS) is 14.5. The highest BCUT2D eigenvalue weighted by Gasteiger charge is 2.24. The van der Waals surface area contributed by atoms with E-state index >= 15 is 0 Å². The molecule has 5 nitrogen and oxygen atoms in total. The van der Waals surface area contributed by atoms with Gasteiger partial charge in [0.15, 0.2) is 0 Å². The first-order chi connectivity index (χ1) is 14.6. The van der Waals surface area contributed by atoms with Crippen molar-refractivity contribution in [1.29, 1.82) is 0 Å². The molecule has 2 heterocycles. The van der Waals surface area contributed by atoms with Crippen LogP contribution in [-0.2, 0) is 11.2 Å². The van der Waals surface area contributed by atoms with Gasteiger partial charge in [-0.2, -0.15) is 0 Å². The maximum atomic E-state index is 13.0. The number of rotatable bonds is 5. The summed E-state index contributed by atoms with van der Waals surface area (Å²) in [5, 5.41) is 3.03. The Balaban J connectivity index is 1.27. The van der Waals surface area contributed by atoms with Gasteiger partial charge in [-0.3, -0.25) is 9.59 Å². The smallest absolute Gasteiger partial charge is 0.253 e. The minimum atomic E-state index is -0.310. The van der Waals surface area contributed by atoms with E-state index in [1.165, 1.54) is 12.1 Å². The lowest BCUT2D eigenvalue weighted by molar-refractivity contribution is -0.121. The third-order valence-electron chi connectivity index (χ3n) is 5.44. The first kappa shape index (κ1) is 19.9. The molecule has 30 heavy (non-hydrogen) atoms. The van der Waals surface area contributed by atoms with E-state index in [9.17, 15) is 14.0 Å². The Morgan fingerprint density at radius 1 is 0.933 bits per heavy atom. The molecule has 6 heteroatoms. The maximum Gasteiger partial charge on any atom is 0.253 e. The van der Waals surface area contributed by atoms with Crippen molar-refractivity contribution in [2.45, 2.75) is 25.3 Å². The average Bonchev–Trinajstić information content (AvgIpc) is 3.30. The summed E-state index contributed by atoms with van der Waals surface area (Å²) in [6.45, 7) is 1.22. The van der Waals surface area contributed by atoms with Crippen LogP contribution in [0, 0.1) is 5.82 Å². The van der Waals surface area contributed by atoms with Crippen molar-refractivity contribution in [3.63, 3.8) is 0 Å². The van der Waals surface area contributed by atoms with E-state index in [2.05, 4.69) is 5.32 Å². The van der Waals surface area contributed by atoms with Gasteiger partial charge >= 0.3 is 0 Å². The van der Waals surface area contributed by atoms with Crippen molar-refractivity contribution in [3.8, 4) is 5.69 Å². The quantitative estimate of drug-likeness (QED) is 0.706. The van der Waals surface area contributed by atoms with Crippen LogP contribution < -0.4 is 5.32 Å². The molecule has 1 aliphatic rings. The zero-order chi connectivity index (χ0) is 20.9. The van der Waals surface area contributed by atoms with E-state index in [0.29, 0.717) is 18.7 Å². The van der Waals surface area contributed by atoms with E-state index < -0.39 is 0 Å². The van der Waals surface area contributed by atoms with Crippen LogP contribution in [0.1, 0.15) is 28.8 Å². The zero-order valence-corrected chi connectivity index (χ0v) is 16.6. The first-order valence-corrected chi connectivity index (χ1v) is 10.1. The second-order valence-corrected chi connectivity index (χ2v) is 7.57. The minimum Gasteiger partial charge on any atom is -0.353 e. The van der Waals surface area contributed by atoms with E-state index in [-0.39, 0.29) is 30.1 Å². The molecule has 3 aromatic rings. The summed E-state index contributed by atoms with van der Waals surface area (Å²) < 4.78 is 15.0. The van der Waals surface area contributed by atoms with Gasteiger partial charge in [0, 0.05) is 42.8 Å². The molecule has 0 unspecified atom stereocenters. The molecule has 0 radical (unpaired) electrons. The van der Waals surface area contributed by atoms with Gasteiger partial charge in [0.2, 0.25) is 5.91 Å². The van der Waals surface area contributed by atoms with Crippen molar-refractivity contribution < 1.29 is 14.0 Å². The summed E-state index contributed by atoms with van der Waals surface area (Å²) in [5.74, 6) is -0.368. The first-order valence-electron chi connectivity index (χ1n) is 10.1. The highest BCUT2D eigenvalue weighted by molar-refractivity contribution is 5.94. The Kier molecular flexibility index (Phi) is 5.93. The molecule has 1 aromatic heterocycles. The third-order valence-corrected chi connectivity index (χ3v) is 5.44. The third kappa shape index (κ3) is 4.76. The highest BCUT2D eigenvalue weighted by Crippen LogP contribution is 2.16. The van der Waals surface area contributed by atoms with Crippen molar-refractivity contribution in [1.82, 2.24) is 14.8 Å². The molecule has 0 spiro atoms. The van der Waals surface area contributed by atoms with Crippen molar-refractivity contribution in [3.05, 3.63) is 90.0 Å². The van der Waals surface area contributed by atoms with Crippen LogP contribution in [-0.4, -0.2) is 40.4 Å². The molecule has 0 atom stereocenters. The van der Waals surface area contributed by atoms with E-state index in [1.54, 1.807) is 12.1 Å². The van der Waals surface area contributed by atoms with E-state index in [4.69, 9.17) is 0 Å². The van der Waals surface area contributed by atoms with Crippen LogP contribution in [0.2, 0.25) is 0 Å². The van der Waals surface area contributed by atoms with E-state index in [0.717, 1.165) is 24.1 Å².